The molecule has 26 heavy (non-hydrogen) atoms. The number of carbonyl (C=O) groups is 1. The van der Waals surface area contributed by atoms with Crippen LogP contribution in [0.1, 0.15) is 5.56 Å². The summed E-state index contributed by atoms with van der Waals surface area (Å²) < 4.78 is 4.98. The Bertz CT molecular complexity index is 600. The third-order valence-electron chi connectivity index (χ3n) is 3.90. The first kappa shape index (κ1) is 22.5. The Hall–Kier alpha value is -1.55. The quantitative estimate of drug-likeness (QED) is 0.472. The van der Waals surface area contributed by atoms with Gasteiger partial charge in [-0.25, -0.2) is 0 Å². The predicted octanol–water partition coefficient (Wildman–Crippen LogP) is 1.28. The number of rotatable bonds is 9. The lowest BCUT2D eigenvalue weighted by Gasteiger charge is -2.27. The highest BCUT2D eigenvalue weighted by Crippen LogP contribution is 2.28. The van der Waals surface area contributed by atoms with E-state index in [9.17, 15) is 14.9 Å². The van der Waals surface area contributed by atoms with E-state index in [1.54, 1.807) is 12.1 Å². The van der Waals surface area contributed by atoms with Gasteiger partial charge in [-0.05, 0) is 11.6 Å². The van der Waals surface area contributed by atoms with Crippen LogP contribution in [0.5, 0.6) is 5.75 Å². The molecular formula is C16H25ClN4O4S. The minimum Gasteiger partial charge on any atom is -0.490 e. The molecule has 0 aliphatic carbocycles. The zero-order valence-electron chi connectivity index (χ0n) is 14.7. The Kier molecular flexibility index (Phi) is 10.3. The molecule has 1 fully saturated rings. The Balaban J connectivity index is 0.00000338. The van der Waals surface area contributed by atoms with Gasteiger partial charge in [-0.2, -0.15) is 0 Å². The maximum atomic E-state index is 11.9. The summed E-state index contributed by atoms with van der Waals surface area (Å²) in [5.74, 6) is 1.10. The lowest BCUT2D eigenvalue weighted by Crippen LogP contribution is -2.46. The van der Waals surface area contributed by atoms with Crippen molar-refractivity contribution in [2.24, 2.45) is 0 Å². The molecule has 1 amide bonds. The molecule has 0 bridgehead atoms. The van der Waals surface area contributed by atoms with Crippen LogP contribution in [0.25, 0.3) is 0 Å². The SMILES string of the molecule is COc1ccc(CSCC(=O)NCCN2CCNCC2)cc1[N+](=O)[O-].Cl. The largest absolute Gasteiger partial charge is 0.490 e. The molecule has 1 aromatic rings. The highest BCUT2D eigenvalue weighted by atomic mass is 35.5. The lowest BCUT2D eigenvalue weighted by atomic mass is 10.2. The second-order valence-corrected chi connectivity index (χ2v) is 6.68. The van der Waals surface area contributed by atoms with Gasteiger partial charge in [-0.15, -0.1) is 24.2 Å². The van der Waals surface area contributed by atoms with Crippen LogP contribution in [0.4, 0.5) is 5.69 Å². The van der Waals surface area contributed by atoms with Gasteiger partial charge in [0.25, 0.3) is 0 Å². The van der Waals surface area contributed by atoms with E-state index in [-0.39, 0.29) is 29.8 Å². The molecule has 1 heterocycles. The van der Waals surface area contributed by atoms with Crippen molar-refractivity contribution in [2.75, 3.05) is 52.1 Å². The van der Waals surface area contributed by atoms with Crippen LogP contribution in [0.3, 0.4) is 0 Å². The Morgan fingerprint density at radius 3 is 2.81 bits per heavy atom. The van der Waals surface area contributed by atoms with E-state index >= 15 is 0 Å². The molecule has 0 atom stereocenters. The molecule has 2 rings (SSSR count). The number of ether oxygens (including phenoxy) is 1. The highest BCUT2D eigenvalue weighted by Gasteiger charge is 2.15. The Morgan fingerprint density at radius 1 is 1.42 bits per heavy atom. The maximum absolute atomic E-state index is 11.9. The molecule has 1 aliphatic rings. The first-order chi connectivity index (χ1) is 12.1. The fourth-order valence-electron chi connectivity index (χ4n) is 2.57. The number of methoxy groups -OCH3 is 1. The van der Waals surface area contributed by atoms with Crippen molar-refractivity contribution < 1.29 is 14.5 Å². The van der Waals surface area contributed by atoms with Crippen LogP contribution >= 0.6 is 24.2 Å². The summed E-state index contributed by atoms with van der Waals surface area (Å²) >= 11 is 1.44. The molecule has 0 aromatic heterocycles. The number of benzene rings is 1. The first-order valence-corrected chi connectivity index (χ1v) is 9.34. The number of nitrogens with zero attached hydrogens (tertiary/aromatic N) is 2. The second kappa shape index (κ2) is 11.9. The molecule has 1 aliphatic heterocycles. The standard InChI is InChI=1S/C16H24N4O4S.ClH/c1-24-15-3-2-13(10-14(15)20(22)23)11-25-12-16(21)18-6-9-19-7-4-17-5-8-19;/h2-3,10,17H,4-9,11-12H2,1H3,(H,18,21);1H. The van der Waals surface area contributed by atoms with Crippen molar-refractivity contribution in [3.8, 4) is 5.75 Å². The topological polar surface area (TPSA) is 96.7 Å². The number of nitro groups is 1. The fraction of sp³-hybridized carbons (Fsp3) is 0.562. The van der Waals surface area contributed by atoms with E-state index < -0.39 is 4.92 Å². The summed E-state index contributed by atoms with van der Waals surface area (Å²) in [5, 5.41) is 17.2. The summed E-state index contributed by atoms with van der Waals surface area (Å²) in [7, 11) is 1.40. The maximum Gasteiger partial charge on any atom is 0.311 e. The van der Waals surface area contributed by atoms with E-state index in [0.717, 1.165) is 38.3 Å². The highest BCUT2D eigenvalue weighted by molar-refractivity contribution is 7.99. The number of amides is 1. The molecular weight excluding hydrogens is 380 g/mol. The summed E-state index contributed by atoms with van der Waals surface area (Å²) in [5.41, 5.74) is 0.743. The second-order valence-electron chi connectivity index (χ2n) is 5.70. The number of carbonyl (C=O) groups excluding carboxylic acids is 1. The average Bonchev–Trinajstić information content (AvgIpc) is 2.62. The zero-order chi connectivity index (χ0) is 18.1. The van der Waals surface area contributed by atoms with Crippen molar-refractivity contribution in [2.45, 2.75) is 5.75 Å². The molecule has 1 saturated heterocycles. The monoisotopic (exact) mass is 404 g/mol. The number of halogens is 1. The van der Waals surface area contributed by atoms with Crippen LogP contribution in [-0.2, 0) is 10.5 Å². The van der Waals surface area contributed by atoms with Gasteiger partial charge in [-0.3, -0.25) is 19.8 Å². The molecule has 0 spiro atoms. The fourth-order valence-corrected chi connectivity index (χ4v) is 3.37. The van der Waals surface area contributed by atoms with Gasteiger partial charge >= 0.3 is 5.69 Å². The van der Waals surface area contributed by atoms with E-state index in [1.807, 2.05) is 0 Å². The molecule has 0 radical (unpaired) electrons. The molecule has 2 N–H and O–H groups in total. The summed E-state index contributed by atoms with van der Waals surface area (Å²) in [6, 6.07) is 4.86. The van der Waals surface area contributed by atoms with E-state index in [4.69, 9.17) is 4.74 Å². The smallest absolute Gasteiger partial charge is 0.311 e. The first-order valence-electron chi connectivity index (χ1n) is 8.19. The summed E-state index contributed by atoms with van der Waals surface area (Å²) in [6.45, 7) is 5.54. The van der Waals surface area contributed by atoms with Crippen LogP contribution in [0.2, 0.25) is 0 Å². The van der Waals surface area contributed by atoms with Gasteiger partial charge in [-0.1, -0.05) is 6.07 Å². The van der Waals surface area contributed by atoms with Crippen molar-refractivity contribution in [1.82, 2.24) is 15.5 Å². The number of hydrogen-bond acceptors (Lipinski definition) is 7. The average molecular weight is 405 g/mol. The predicted molar refractivity (Wildman–Crippen MR) is 105 cm³/mol. The van der Waals surface area contributed by atoms with Gasteiger partial charge in [0.05, 0.1) is 17.8 Å². The minimum atomic E-state index is -0.462. The summed E-state index contributed by atoms with van der Waals surface area (Å²) in [4.78, 5) is 24.7. The molecule has 146 valence electrons. The lowest BCUT2D eigenvalue weighted by molar-refractivity contribution is -0.385. The van der Waals surface area contributed by atoms with Crippen LogP contribution < -0.4 is 15.4 Å². The minimum absolute atomic E-state index is 0. The normalized spacial score (nSPS) is 14.3. The zero-order valence-corrected chi connectivity index (χ0v) is 16.4. The summed E-state index contributed by atoms with van der Waals surface area (Å²) in [6.07, 6.45) is 0. The number of hydrogen-bond donors (Lipinski definition) is 2. The van der Waals surface area contributed by atoms with Gasteiger partial charge < -0.3 is 15.4 Å². The van der Waals surface area contributed by atoms with Gasteiger partial charge in [0.2, 0.25) is 5.91 Å². The molecule has 0 saturated carbocycles. The number of piperazine rings is 1. The van der Waals surface area contributed by atoms with Crippen LogP contribution in [0.15, 0.2) is 18.2 Å². The van der Waals surface area contributed by atoms with E-state index in [1.165, 1.54) is 24.9 Å². The van der Waals surface area contributed by atoms with Gasteiger partial charge in [0.1, 0.15) is 0 Å². The number of nitrogens with one attached hydrogen (secondary N) is 2. The van der Waals surface area contributed by atoms with E-state index in [2.05, 4.69) is 15.5 Å². The third kappa shape index (κ3) is 7.36. The van der Waals surface area contributed by atoms with E-state index in [0.29, 0.717) is 18.1 Å². The van der Waals surface area contributed by atoms with Gasteiger partial charge in [0, 0.05) is 51.1 Å². The Labute approximate surface area is 163 Å². The molecule has 1 aromatic carbocycles. The van der Waals surface area contributed by atoms with Crippen LogP contribution in [-0.4, -0.2) is 67.9 Å². The Morgan fingerprint density at radius 2 is 2.15 bits per heavy atom. The van der Waals surface area contributed by atoms with Crippen LogP contribution in [0, 0.1) is 10.1 Å². The van der Waals surface area contributed by atoms with Crippen molar-refractivity contribution in [3.05, 3.63) is 33.9 Å². The molecule has 0 unspecified atom stereocenters. The van der Waals surface area contributed by atoms with Crippen molar-refractivity contribution >= 4 is 35.8 Å². The third-order valence-corrected chi connectivity index (χ3v) is 4.91. The number of nitro benzene ring substituents is 1. The van der Waals surface area contributed by atoms with Gasteiger partial charge in [0.15, 0.2) is 5.75 Å². The molecule has 10 heteroatoms. The van der Waals surface area contributed by atoms with Crippen molar-refractivity contribution in [1.29, 1.82) is 0 Å². The van der Waals surface area contributed by atoms with Crippen molar-refractivity contribution in [3.63, 3.8) is 0 Å². The molecule has 8 nitrogen and oxygen atoms in total. The number of thioether (sulfide) groups is 1.